The maximum Gasteiger partial charge on any atom is 0.408 e. The van der Waals surface area contributed by atoms with E-state index in [-0.39, 0.29) is 12.1 Å². The molecule has 2 aromatic rings. The van der Waals surface area contributed by atoms with Crippen LogP contribution in [0.4, 0.5) is 13.2 Å². The van der Waals surface area contributed by atoms with Crippen molar-refractivity contribution < 1.29 is 22.6 Å². The zero-order valence-corrected chi connectivity index (χ0v) is 13.0. The van der Waals surface area contributed by atoms with Gasteiger partial charge < -0.3 is 9.47 Å². The summed E-state index contributed by atoms with van der Waals surface area (Å²) in [7, 11) is 4.53. The van der Waals surface area contributed by atoms with Crippen LogP contribution >= 0.6 is 0 Å². The van der Waals surface area contributed by atoms with Gasteiger partial charge in [-0.2, -0.15) is 18.3 Å². The zero-order chi connectivity index (χ0) is 17.0. The first kappa shape index (κ1) is 17.1. The van der Waals surface area contributed by atoms with E-state index in [1.54, 1.807) is 25.2 Å². The maximum atomic E-state index is 13.3. The maximum absolute atomic E-state index is 13.3. The van der Waals surface area contributed by atoms with E-state index < -0.39 is 12.2 Å². The first-order valence-corrected chi connectivity index (χ1v) is 6.84. The van der Waals surface area contributed by atoms with E-state index in [9.17, 15) is 13.2 Å². The van der Waals surface area contributed by atoms with Crippen LogP contribution in [0, 0.1) is 0 Å². The minimum atomic E-state index is -4.44. The van der Waals surface area contributed by atoms with Crippen LogP contribution in [-0.2, 0) is 13.6 Å². The number of methoxy groups -OCH3 is 2. The molecule has 2 rings (SSSR count). The number of ether oxygens (including phenoxy) is 2. The molecule has 0 aliphatic carbocycles. The average molecular weight is 329 g/mol. The van der Waals surface area contributed by atoms with Gasteiger partial charge in [-0.25, -0.2) is 0 Å². The van der Waals surface area contributed by atoms with Gasteiger partial charge in [-0.1, -0.05) is 0 Å². The molecule has 0 saturated heterocycles. The summed E-state index contributed by atoms with van der Waals surface area (Å²) in [5.74, 6) is 1.04. The van der Waals surface area contributed by atoms with Gasteiger partial charge in [-0.15, -0.1) is 0 Å². The molecule has 0 saturated carbocycles. The highest BCUT2D eigenvalue weighted by molar-refractivity contribution is 5.40. The number of hydrogen-bond acceptors (Lipinski definition) is 4. The molecule has 1 unspecified atom stereocenters. The van der Waals surface area contributed by atoms with Crippen molar-refractivity contribution in [3.05, 3.63) is 41.7 Å². The molecule has 0 amide bonds. The smallest absolute Gasteiger partial charge is 0.408 e. The number of nitrogens with one attached hydrogen (secondary N) is 1. The predicted molar refractivity (Wildman–Crippen MR) is 78.4 cm³/mol. The molecule has 1 heterocycles. The van der Waals surface area contributed by atoms with E-state index in [1.807, 2.05) is 0 Å². The highest BCUT2D eigenvalue weighted by Crippen LogP contribution is 2.33. The number of aromatic nitrogens is 2. The molecule has 0 radical (unpaired) electrons. The highest BCUT2D eigenvalue weighted by Gasteiger charge is 2.41. The molecule has 0 aliphatic heterocycles. The van der Waals surface area contributed by atoms with Gasteiger partial charge in [0.2, 0.25) is 0 Å². The molecular weight excluding hydrogens is 311 g/mol. The van der Waals surface area contributed by atoms with Crippen molar-refractivity contribution >= 4 is 0 Å². The van der Waals surface area contributed by atoms with Crippen molar-refractivity contribution in [2.24, 2.45) is 7.05 Å². The molecule has 1 aromatic heterocycles. The Kier molecular flexibility index (Phi) is 5.15. The molecular formula is C15H18F3N3O2. The monoisotopic (exact) mass is 329 g/mol. The summed E-state index contributed by atoms with van der Waals surface area (Å²) in [6.07, 6.45) is -1.89. The molecule has 0 fully saturated rings. The Bertz CT molecular complexity index is 656. The quantitative estimate of drug-likeness (QED) is 0.885. The number of benzene rings is 1. The number of hydrogen-bond donors (Lipinski definition) is 1. The van der Waals surface area contributed by atoms with Gasteiger partial charge in [0.05, 0.1) is 20.4 Å². The Balaban J connectivity index is 2.22. The van der Waals surface area contributed by atoms with Crippen molar-refractivity contribution in [3.63, 3.8) is 0 Å². The minimum absolute atomic E-state index is 0.0283. The van der Waals surface area contributed by atoms with Gasteiger partial charge in [0.25, 0.3) is 0 Å². The van der Waals surface area contributed by atoms with E-state index in [2.05, 4.69) is 10.4 Å². The van der Waals surface area contributed by atoms with E-state index in [0.29, 0.717) is 17.1 Å². The molecule has 1 aromatic carbocycles. The van der Waals surface area contributed by atoms with Crippen molar-refractivity contribution in [2.75, 3.05) is 14.2 Å². The largest absolute Gasteiger partial charge is 0.497 e. The normalized spacial score (nSPS) is 13.0. The van der Waals surface area contributed by atoms with Crippen LogP contribution < -0.4 is 14.8 Å². The molecule has 1 N–H and O–H groups in total. The lowest BCUT2D eigenvalue weighted by atomic mass is 10.1. The molecule has 0 bridgehead atoms. The first-order valence-electron chi connectivity index (χ1n) is 6.84. The summed E-state index contributed by atoms with van der Waals surface area (Å²) in [6, 6.07) is 3.17. The minimum Gasteiger partial charge on any atom is -0.497 e. The zero-order valence-electron chi connectivity index (χ0n) is 13.0. The summed E-state index contributed by atoms with van der Waals surface area (Å²) in [5.41, 5.74) is 0.631. The third-order valence-electron chi connectivity index (χ3n) is 3.37. The van der Waals surface area contributed by atoms with E-state index in [0.717, 1.165) is 0 Å². The third kappa shape index (κ3) is 4.16. The van der Waals surface area contributed by atoms with Crippen molar-refractivity contribution in [2.45, 2.75) is 18.8 Å². The van der Waals surface area contributed by atoms with E-state index >= 15 is 0 Å². The van der Waals surface area contributed by atoms with Crippen molar-refractivity contribution in [1.29, 1.82) is 0 Å². The van der Waals surface area contributed by atoms with Gasteiger partial charge >= 0.3 is 6.18 Å². The third-order valence-corrected chi connectivity index (χ3v) is 3.37. The summed E-state index contributed by atoms with van der Waals surface area (Å²) < 4.78 is 51.5. The van der Waals surface area contributed by atoms with Crippen LogP contribution in [0.15, 0.2) is 30.6 Å². The Morgan fingerprint density at radius 2 is 2.00 bits per heavy atom. The Morgan fingerprint density at radius 1 is 1.26 bits per heavy atom. The Hall–Kier alpha value is -2.22. The molecule has 8 heteroatoms. The molecule has 0 spiro atoms. The lowest BCUT2D eigenvalue weighted by Gasteiger charge is -2.21. The summed E-state index contributed by atoms with van der Waals surface area (Å²) in [5, 5.41) is 6.32. The molecule has 23 heavy (non-hydrogen) atoms. The topological polar surface area (TPSA) is 48.3 Å². The van der Waals surface area contributed by atoms with Gasteiger partial charge in [0, 0.05) is 30.9 Å². The average Bonchev–Trinajstić information content (AvgIpc) is 2.92. The van der Waals surface area contributed by atoms with Gasteiger partial charge in [-0.3, -0.25) is 10.00 Å². The highest BCUT2D eigenvalue weighted by atomic mass is 19.4. The number of rotatable bonds is 6. The van der Waals surface area contributed by atoms with Crippen LogP contribution in [0.25, 0.3) is 0 Å². The molecule has 5 nitrogen and oxygen atoms in total. The van der Waals surface area contributed by atoms with Crippen LogP contribution in [-0.4, -0.2) is 30.2 Å². The number of halogens is 3. The van der Waals surface area contributed by atoms with Gasteiger partial charge in [0.1, 0.15) is 17.5 Å². The van der Waals surface area contributed by atoms with Gasteiger partial charge in [0.15, 0.2) is 0 Å². The Labute approximate surface area is 132 Å². The molecule has 0 aliphatic rings. The van der Waals surface area contributed by atoms with Gasteiger partial charge in [-0.05, 0) is 18.2 Å². The van der Waals surface area contributed by atoms with Crippen LogP contribution in [0.2, 0.25) is 0 Å². The van der Waals surface area contributed by atoms with Crippen LogP contribution in [0.5, 0.6) is 11.5 Å². The second kappa shape index (κ2) is 6.91. The number of alkyl halides is 3. The summed E-state index contributed by atoms with van der Waals surface area (Å²) >= 11 is 0. The standard InChI is InChI=1S/C15H18F3N3O2/c1-21-9-11(8-20-21)14(15(16,17)18)19-7-10-6-12(22-2)4-5-13(10)23-3/h4-6,8-9,14,19H,7H2,1-3H3. The number of aryl methyl sites for hydroxylation is 1. The second-order valence-electron chi connectivity index (χ2n) is 4.98. The lowest BCUT2D eigenvalue weighted by molar-refractivity contribution is -0.158. The van der Waals surface area contributed by atoms with Crippen molar-refractivity contribution in [1.82, 2.24) is 15.1 Å². The van der Waals surface area contributed by atoms with E-state index in [1.165, 1.54) is 31.3 Å². The fourth-order valence-corrected chi connectivity index (χ4v) is 2.24. The Morgan fingerprint density at radius 3 is 2.52 bits per heavy atom. The predicted octanol–water partition coefficient (Wildman–Crippen LogP) is 2.83. The first-order chi connectivity index (χ1) is 10.8. The SMILES string of the molecule is COc1ccc(OC)c(CNC(c2cnn(C)c2)C(F)(F)F)c1. The van der Waals surface area contributed by atoms with Crippen molar-refractivity contribution in [3.8, 4) is 11.5 Å². The number of nitrogens with zero attached hydrogens (tertiary/aromatic N) is 2. The van der Waals surface area contributed by atoms with E-state index in [4.69, 9.17) is 9.47 Å². The summed E-state index contributed by atoms with van der Waals surface area (Å²) in [4.78, 5) is 0. The summed E-state index contributed by atoms with van der Waals surface area (Å²) in [6.45, 7) is -0.0283. The fourth-order valence-electron chi connectivity index (χ4n) is 2.24. The van der Waals surface area contributed by atoms with Crippen LogP contribution in [0.3, 0.4) is 0 Å². The molecule has 126 valence electrons. The second-order valence-corrected chi connectivity index (χ2v) is 4.98. The lowest BCUT2D eigenvalue weighted by Crippen LogP contribution is -2.33. The molecule has 1 atom stereocenters. The van der Waals surface area contributed by atoms with Crippen LogP contribution in [0.1, 0.15) is 17.2 Å². The fraction of sp³-hybridized carbons (Fsp3) is 0.400.